The van der Waals surface area contributed by atoms with E-state index in [0.29, 0.717) is 30.8 Å². The van der Waals surface area contributed by atoms with Gasteiger partial charge in [0, 0.05) is 32.6 Å². The van der Waals surface area contributed by atoms with Crippen LogP contribution in [0.2, 0.25) is 5.15 Å². The molecule has 0 aliphatic rings. The molecule has 0 saturated heterocycles. The number of rotatable bonds is 9. The van der Waals surface area contributed by atoms with Gasteiger partial charge >= 0.3 is 0 Å². The van der Waals surface area contributed by atoms with Gasteiger partial charge in [0.05, 0.1) is 19.0 Å². The highest BCUT2D eigenvalue weighted by atomic mass is 35.5. The van der Waals surface area contributed by atoms with Gasteiger partial charge in [-0.1, -0.05) is 17.7 Å². The van der Waals surface area contributed by atoms with E-state index >= 15 is 0 Å². The summed E-state index contributed by atoms with van der Waals surface area (Å²) in [5.74, 6) is 0.702. The summed E-state index contributed by atoms with van der Waals surface area (Å²) in [6.45, 7) is 1.87. The van der Waals surface area contributed by atoms with Crippen molar-refractivity contribution in [1.29, 1.82) is 0 Å². The van der Waals surface area contributed by atoms with Gasteiger partial charge in [-0.25, -0.2) is 13.4 Å². The van der Waals surface area contributed by atoms with Gasteiger partial charge in [-0.3, -0.25) is 4.99 Å². The van der Waals surface area contributed by atoms with Crippen LogP contribution in [-0.4, -0.2) is 64.7 Å². The van der Waals surface area contributed by atoms with Crippen molar-refractivity contribution in [2.75, 3.05) is 45.4 Å². The molecule has 1 rings (SSSR count). The van der Waals surface area contributed by atoms with Crippen molar-refractivity contribution in [3.05, 3.63) is 29.0 Å². The van der Waals surface area contributed by atoms with Crippen molar-refractivity contribution in [3.8, 4) is 0 Å². The second kappa shape index (κ2) is 10.4. The third kappa shape index (κ3) is 10.1. The molecule has 9 heteroatoms. The van der Waals surface area contributed by atoms with Crippen molar-refractivity contribution < 1.29 is 13.2 Å². The molecule has 0 bridgehead atoms. The van der Waals surface area contributed by atoms with E-state index < -0.39 is 9.84 Å². The first-order valence-electron chi connectivity index (χ1n) is 7.21. The maximum absolute atomic E-state index is 10.9. The zero-order valence-corrected chi connectivity index (χ0v) is 15.0. The number of pyridine rings is 1. The predicted molar refractivity (Wildman–Crippen MR) is 92.8 cm³/mol. The van der Waals surface area contributed by atoms with Gasteiger partial charge in [0.25, 0.3) is 0 Å². The van der Waals surface area contributed by atoms with Crippen LogP contribution in [0.25, 0.3) is 0 Å². The number of nitrogens with one attached hydrogen (secondary N) is 2. The molecule has 130 valence electrons. The molecule has 0 spiro atoms. The lowest BCUT2D eigenvalue weighted by Crippen LogP contribution is -2.39. The SMILES string of the molecule is CN=C(NCCOCCS(C)(=O)=O)NCCc1ccc(Cl)nc1. The number of aromatic nitrogens is 1. The van der Waals surface area contributed by atoms with Gasteiger partial charge in [0.15, 0.2) is 5.96 Å². The zero-order chi connectivity index (χ0) is 17.1. The summed E-state index contributed by atoms with van der Waals surface area (Å²) in [5.41, 5.74) is 1.08. The Balaban J connectivity index is 2.13. The molecular weight excluding hydrogens is 340 g/mol. The number of halogens is 1. The van der Waals surface area contributed by atoms with Gasteiger partial charge < -0.3 is 15.4 Å². The molecule has 0 amide bonds. The Hall–Kier alpha value is -1.38. The average Bonchev–Trinajstić information content (AvgIpc) is 2.49. The Kier molecular flexibility index (Phi) is 8.90. The molecule has 1 aromatic heterocycles. The highest BCUT2D eigenvalue weighted by molar-refractivity contribution is 7.90. The third-order valence-electron chi connectivity index (χ3n) is 2.86. The smallest absolute Gasteiger partial charge is 0.191 e. The number of nitrogens with zero attached hydrogens (tertiary/aromatic N) is 2. The fourth-order valence-electron chi connectivity index (χ4n) is 1.65. The van der Waals surface area contributed by atoms with Crippen LogP contribution < -0.4 is 10.6 Å². The summed E-state index contributed by atoms with van der Waals surface area (Å²) in [4.78, 5) is 8.12. The van der Waals surface area contributed by atoms with Crippen molar-refractivity contribution in [1.82, 2.24) is 15.6 Å². The van der Waals surface area contributed by atoms with E-state index in [1.165, 1.54) is 6.26 Å². The Labute approximate surface area is 142 Å². The molecule has 2 N–H and O–H groups in total. The molecule has 0 atom stereocenters. The summed E-state index contributed by atoms with van der Waals surface area (Å²) in [6, 6.07) is 3.70. The number of ether oxygens (including phenoxy) is 1. The van der Waals surface area contributed by atoms with E-state index in [1.807, 2.05) is 6.07 Å². The van der Waals surface area contributed by atoms with Crippen molar-refractivity contribution in [2.24, 2.45) is 4.99 Å². The van der Waals surface area contributed by atoms with Crippen LogP contribution in [0.3, 0.4) is 0 Å². The molecule has 1 aromatic rings. The molecule has 0 unspecified atom stereocenters. The van der Waals surface area contributed by atoms with Crippen molar-refractivity contribution in [2.45, 2.75) is 6.42 Å². The fourth-order valence-corrected chi connectivity index (χ4v) is 2.19. The summed E-state index contributed by atoms with van der Waals surface area (Å²) in [5, 5.41) is 6.75. The van der Waals surface area contributed by atoms with E-state index in [4.69, 9.17) is 16.3 Å². The first kappa shape index (κ1) is 19.7. The van der Waals surface area contributed by atoms with Crippen LogP contribution in [-0.2, 0) is 21.0 Å². The first-order valence-corrected chi connectivity index (χ1v) is 9.65. The lowest BCUT2D eigenvalue weighted by molar-refractivity contribution is 0.154. The van der Waals surface area contributed by atoms with Crippen LogP contribution in [0.4, 0.5) is 0 Å². The minimum absolute atomic E-state index is 0.0368. The summed E-state index contributed by atoms with van der Waals surface area (Å²) in [7, 11) is -1.28. The van der Waals surface area contributed by atoms with Gasteiger partial charge in [-0.15, -0.1) is 0 Å². The minimum atomic E-state index is -2.97. The number of sulfone groups is 1. The highest BCUT2D eigenvalue weighted by Crippen LogP contribution is 2.05. The second-order valence-electron chi connectivity index (χ2n) is 4.91. The molecular formula is C14H23ClN4O3S. The van der Waals surface area contributed by atoms with Crippen LogP contribution in [0.5, 0.6) is 0 Å². The normalized spacial score (nSPS) is 12.2. The standard InChI is InChI=1S/C14H23ClN4O3S/c1-16-14(18-7-8-22-9-10-23(2,20)21)17-6-5-12-3-4-13(15)19-11-12/h3-4,11H,5-10H2,1-2H3,(H2,16,17,18). The van der Waals surface area contributed by atoms with Crippen LogP contribution >= 0.6 is 11.6 Å². The summed E-state index contributed by atoms with van der Waals surface area (Å²) in [6.07, 6.45) is 3.74. The molecule has 0 aliphatic carbocycles. The minimum Gasteiger partial charge on any atom is -0.379 e. The van der Waals surface area contributed by atoms with E-state index in [-0.39, 0.29) is 12.4 Å². The zero-order valence-electron chi connectivity index (χ0n) is 13.4. The Morgan fingerprint density at radius 1 is 1.30 bits per heavy atom. The van der Waals surface area contributed by atoms with Crippen LogP contribution in [0.1, 0.15) is 5.56 Å². The first-order chi connectivity index (χ1) is 10.9. The van der Waals surface area contributed by atoms with E-state index in [0.717, 1.165) is 12.0 Å². The largest absolute Gasteiger partial charge is 0.379 e. The van der Waals surface area contributed by atoms with Crippen LogP contribution in [0, 0.1) is 0 Å². The topological polar surface area (TPSA) is 92.7 Å². The van der Waals surface area contributed by atoms with E-state index in [2.05, 4.69) is 20.6 Å². The lowest BCUT2D eigenvalue weighted by atomic mass is 10.2. The van der Waals surface area contributed by atoms with E-state index in [1.54, 1.807) is 19.3 Å². The summed E-state index contributed by atoms with van der Waals surface area (Å²) >= 11 is 5.74. The molecule has 0 aliphatic heterocycles. The number of aliphatic imine (C=N–C) groups is 1. The molecule has 0 saturated carbocycles. The molecule has 0 aromatic carbocycles. The third-order valence-corrected chi connectivity index (χ3v) is 3.99. The van der Waals surface area contributed by atoms with Gasteiger partial charge in [0.2, 0.25) is 0 Å². The lowest BCUT2D eigenvalue weighted by Gasteiger charge is -2.12. The number of hydrogen-bond donors (Lipinski definition) is 2. The molecule has 0 fully saturated rings. The molecule has 1 heterocycles. The molecule has 7 nitrogen and oxygen atoms in total. The Bertz CT molecular complexity index is 591. The Morgan fingerprint density at radius 3 is 2.65 bits per heavy atom. The predicted octanol–water partition coefficient (Wildman–Crippen LogP) is 0.504. The quantitative estimate of drug-likeness (QED) is 0.288. The van der Waals surface area contributed by atoms with Crippen molar-refractivity contribution in [3.63, 3.8) is 0 Å². The van der Waals surface area contributed by atoms with Crippen molar-refractivity contribution >= 4 is 27.4 Å². The molecule has 23 heavy (non-hydrogen) atoms. The summed E-state index contributed by atoms with van der Waals surface area (Å²) < 4.78 is 27.1. The van der Waals surface area contributed by atoms with Crippen LogP contribution in [0.15, 0.2) is 23.3 Å². The highest BCUT2D eigenvalue weighted by Gasteiger charge is 2.02. The fraction of sp³-hybridized carbons (Fsp3) is 0.571. The number of guanidine groups is 1. The maximum Gasteiger partial charge on any atom is 0.191 e. The monoisotopic (exact) mass is 362 g/mol. The molecule has 0 radical (unpaired) electrons. The van der Waals surface area contributed by atoms with Gasteiger partial charge in [-0.2, -0.15) is 0 Å². The van der Waals surface area contributed by atoms with Gasteiger partial charge in [-0.05, 0) is 18.1 Å². The Morgan fingerprint density at radius 2 is 2.04 bits per heavy atom. The average molecular weight is 363 g/mol. The number of hydrogen-bond acceptors (Lipinski definition) is 5. The van der Waals surface area contributed by atoms with Gasteiger partial charge in [0.1, 0.15) is 15.0 Å². The van der Waals surface area contributed by atoms with E-state index in [9.17, 15) is 8.42 Å². The maximum atomic E-state index is 10.9. The second-order valence-corrected chi connectivity index (χ2v) is 7.55.